The zero-order valence-corrected chi connectivity index (χ0v) is 36.5. The summed E-state index contributed by atoms with van der Waals surface area (Å²) in [6, 6.07) is -0.324. The number of nitrogens with zero attached hydrogens (tertiary/aromatic N) is 1. The number of carbonyl (C=O) groups is 2. The minimum absolute atomic E-state index is 0. The predicted molar refractivity (Wildman–Crippen MR) is 204 cm³/mol. The summed E-state index contributed by atoms with van der Waals surface area (Å²) in [5.41, 5.74) is -4.84. The second-order valence-corrected chi connectivity index (χ2v) is 18.0. The van der Waals surface area contributed by atoms with Crippen molar-refractivity contribution in [3.63, 3.8) is 0 Å². The fraction of sp³-hybridized carbons (Fsp3) is 0.946. The molecule has 0 spiro atoms. The van der Waals surface area contributed by atoms with Crippen molar-refractivity contribution in [2.24, 2.45) is 23.7 Å². The van der Waals surface area contributed by atoms with Crippen LogP contribution in [0.25, 0.3) is 0 Å². The summed E-state index contributed by atoms with van der Waals surface area (Å²) in [6.07, 6.45) is -9.71. The Kier molecular flexibility index (Phi) is 19.8. The number of hydrogen-bond acceptors (Lipinski definition) is 15. The zero-order chi connectivity index (χ0) is 43.5. The lowest BCUT2D eigenvalue weighted by Gasteiger charge is -2.49. The van der Waals surface area contributed by atoms with E-state index >= 15 is 0 Å². The smallest absolute Gasteiger partial charge is 0.459 e. The Balaban J connectivity index is 0.00000254. The maximum absolute atomic E-state index is 14.1. The Morgan fingerprint density at radius 2 is 1.42 bits per heavy atom. The standard InChI is InChI=1S/C37H67NO13.H3O4P.H2O/c1-14-25-37(10,45)30(41)20(4)27(39)18(2)16-35(8,44)32(51-34-28(40)24(38(11)12)15-19(3)47-34)21(5)29(22(6)33(43)49-25)50-26-17-36(9,46-13)31(42)23(7)48-26;1-5(2,3)4;/h18-26,28-32,34,40-42,44-45H,14-17H2,1-13H3;(H3,1,2,3,4);1H2/t18-,19-,20+,21-,22-,23+,24+,25-,26+,28-,29+,30+,31+,32-,34+,35-,36-,37-;;/m1../s1. The predicted octanol–water partition coefficient (Wildman–Crippen LogP) is 0.0323. The average Bonchev–Trinajstić information content (AvgIpc) is 3.08. The molecule has 0 aromatic carbocycles. The van der Waals surface area contributed by atoms with E-state index in [4.69, 9.17) is 47.7 Å². The lowest BCUT2D eigenvalue weighted by Crippen LogP contribution is -2.61. The summed E-state index contributed by atoms with van der Waals surface area (Å²) in [5, 5.41) is 57.6. The molecular weight excluding hydrogens is 777 g/mol. The van der Waals surface area contributed by atoms with E-state index in [1.54, 1.807) is 41.5 Å². The van der Waals surface area contributed by atoms with Crippen LogP contribution in [-0.4, -0.2) is 168 Å². The fourth-order valence-electron chi connectivity index (χ4n) is 8.41. The molecule has 0 bridgehead atoms. The summed E-state index contributed by atoms with van der Waals surface area (Å²) in [5.74, 6) is -4.98. The summed E-state index contributed by atoms with van der Waals surface area (Å²) in [4.78, 5) is 51.3. The molecule has 19 nitrogen and oxygen atoms in total. The highest BCUT2D eigenvalue weighted by molar-refractivity contribution is 7.45. The van der Waals surface area contributed by atoms with Gasteiger partial charge in [0.25, 0.3) is 0 Å². The van der Waals surface area contributed by atoms with Crippen molar-refractivity contribution >= 4 is 19.6 Å². The molecule has 0 aromatic heterocycles. The van der Waals surface area contributed by atoms with E-state index in [9.17, 15) is 35.1 Å². The van der Waals surface area contributed by atoms with Gasteiger partial charge < -0.3 is 79.0 Å². The molecule has 3 aliphatic heterocycles. The summed E-state index contributed by atoms with van der Waals surface area (Å²) in [6.45, 7) is 16.3. The number of rotatable bonds is 7. The van der Waals surface area contributed by atoms with Gasteiger partial charge in [-0.25, -0.2) is 4.57 Å². The second kappa shape index (κ2) is 21.0. The van der Waals surface area contributed by atoms with Crippen molar-refractivity contribution < 1.29 is 88.3 Å². The molecule has 10 N–H and O–H groups in total. The molecule has 3 rings (SSSR count). The van der Waals surface area contributed by atoms with Gasteiger partial charge >= 0.3 is 13.8 Å². The topological polar surface area (TPSA) is 303 Å². The van der Waals surface area contributed by atoms with Gasteiger partial charge in [0.05, 0.1) is 47.6 Å². The van der Waals surface area contributed by atoms with Crippen molar-refractivity contribution in [1.29, 1.82) is 0 Å². The van der Waals surface area contributed by atoms with Gasteiger partial charge in [0, 0.05) is 37.3 Å². The molecule has 3 saturated heterocycles. The maximum Gasteiger partial charge on any atom is 0.466 e. The average molecular weight is 850 g/mol. The molecule has 338 valence electrons. The van der Waals surface area contributed by atoms with E-state index in [1.807, 2.05) is 25.9 Å². The largest absolute Gasteiger partial charge is 0.466 e. The van der Waals surface area contributed by atoms with Gasteiger partial charge in [-0.1, -0.05) is 27.7 Å². The highest BCUT2D eigenvalue weighted by Gasteiger charge is 2.53. The molecule has 57 heavy (non-hydrogen) atoms. The number of hydrogen-bond donors (Lipinski definition) is 8. The van der Waals surface area contributed by atoms with Gasteiger partial charge in [-0.2, -0.15) is 0 Å². The van der Waals surface area contributed by atoms with E-state index in [0.717, 1.165) is 0 Å². The van der Waals surface area contributed by atoms with E-state index < -0.39 is 115 Å². The van der Waals surface area contributed by atoms with Crippen LogP contribution in [0.4, 0.5) is 0 Å². The molecule has 18 atom stereocenters. The molecule has 0 radical (unpaired) electrons. The Labute approximate surface area is 336 Å². The minimum atomic E-state index is -4.64. The minimum Gasteiger partial charge on any atom is -0.459 e. The second-order valence-electron chi connectivity index (χ2n) is 17.0. The third-order valence-corrected chi connectivity index (χ3v) is 11.8. The van der Waals surface area contributed by atoms with Crippen LogP contribution in [0.15, 0.2) is 0 Å². The molecule has 0 aromatic rings. The van der Waals surface area contributed by atoms with Crippen molar-refractivity contribution in [2.45, 2.75) is 179 Å². The monoisotopic (exact) mass is 849 g/mol. The van der Waals surface area contributed by atoms with Crippen LogP contribution in [0.3, 0.4) is 0 Å². The van der Waals surface area contributed by atoms with Crippen LogP contribution in [-0.2, 0) is 42.6 Å². The number of aliphatic hydroxyl groups is 5. The van der Waals surface area contributed by atoms with Crippen LogP contribution in [0.1, 0.15) is 94.9 Å². The number of Topliss-reactive ketones (excluding diaryl/α,β-unsaturated/α-hetero) is 1. The van der Waals surface area contributed by atoms with E-state index in [1.165, 1.54) is 27.9 Å². The third kappa shape index (κ3) is 13.6. The molecular formula is C37H72NO18P. The Hall–Kier alpha value is -1.23. The van der Waals surface area contributed by atoms with Gasteiger partial charge in [0.2, 0.25) is 0 Å². The molecule has 0 amide bonds. The molecule has 20 heteroatoms. The number of aliphatic hydroxyl groups excluding tert-OH is 3. The first-order chi connectivity index (χ1) is 25.4. The van der Waals surface area contributed by atoms with Crippen LogP contribution >= 0.6 is 7.82 Å². The summed E-state index contributed by atoms with van der Waals surface area (Å²) in [7, 11) is 0.537. The normalized spacial score (nSPS) is 45.5. The fourth-order valence-corrected chi connectivity index (χ4v) is 8.41. The summed E-state index contributed by atoms with van der Waals surface area (Å²) < 4.78 is 45.9. The van der Waals surface area contributed by atoms with Gasteiger partial charge in [-0.3, -0.25) is 9.59 Å². The Morgan fingerprint density at radius 3 is 1.91 bits per heavy atom. The number of carbonyl (C=O) groups excluding carboxylic acids is 2. The van der Waals surface area contributed by atoms with Crippen LogP contribution < -0.4 is 0 Å². The number of phosphoric acid groups is 1. The third-order valence-electron chi connectivity index (χ3n) is 11.8. The van der Waals surface area contributed by atoms with Gasteiger partial charge in [-0.15, -0.1) is 0 Å². The first kappa shape index (κ1) is 53.8. The zero-order valence-electron chi connectivity index (χ0n) is 35.6. The van der Waals surface area contributed by atoms with E-state index in [0.29, 0.717) is 6.42 Å². The number of ether oxygens (including phenoxy) is 6. The highest BCUT2D eigenvalue weighted by atomic mass is 31.2. The van der Waals surface area contributed by atoms with E-state index in [2.05, 4.69) is 0 Å². The van der Waals surface area contributed by atoms with Crippen molar-refractivity contribution in [1.82, 2.24) is 4.90 Å². The van der Waals surface area contributed by atoms with Crippen molar-refractivity contribution in [3.05, 3.63) is 0 Å². The number of methoxy groups -OCH3 is 1. The van der Waals surface area contributed by atoms with E-state index in [-0.39, 0.29) is 36.9 Å². The Morgan fingerprint density at radius 1 is 0.877 bits per heavy atom. The first-order valence-electron chi connectivity index (χ1n) is 19.3. The number of esters is 1. The lowest BCUT2D eigenvalue weighted by atomic mass is 9.74. The van der Waals surface area contributed by atoms with Crippen molar-refractivity contribution in [2.75, 3.05) is 21.2 Å². The lowest BCUT2D eigenvalue weighted by molar-refractivity contribution is -0.318. The molecule has 0 unspecified atom stereocenters. The highest BCUT2D eigenvalue weighted by Crippen LogP contribution is 2.41. The van der Waals surface area contributed by atoms with Gasteiger partial charge in [0.15, 0.2) is 12.6 Å². The number of likely N-dealkylation sites (N-methyl/N-ethyl adjacent to an activating group) is 1. The SMILES string of the molecule is CC[C@H]1OC(=O)[C@H](C)[C@@H](O[C@H]2C[C@@](C)(OC)[C@@H](O)[C@H](C)O2)[C@@H](C)[C@@H](O[C@@H]2O[C@H](C)C[C@H](N(C)C)[C@H]2O)[C@](C)(O)C[C@@H](C)C(=O)[C@H](C)[C@H](O)[C@]1(C)O.O.O=P(O)(O)O. The van der Waals surface area contributed by atoms with Crippen LogP contribution in [0, 0.1) is 23.7 Å². The first-order valence-corrected chi connectivity index (χ1v) is 20.8. The molecule has 3 heterocycles. The molecule has 0 saturated carbocycles. The number of ketones is 1. The quantitative estimate of drug-likeness (QED) is 0.124. The van der Waals surface area contributed by atoms with Gasteiger partial charge in [-0.05, 0) is 74.9 Å². The van der Waals surface area contributed by atoms with Gasteiger partial charge in [0.1, 0.15) is 29.7 Å². The molecule has 3 fully saturated rings. The Bertz CT molecular complexity index is 1320. The molecule has 3 aliphatic rings. The van der Waals surface area contributed by atoms with Crippen molar-refractivity contribution in [3.8, 4) is 0 Å². The number of cyclic esters (lactones) is 1. The summed E-state index contributed by atoms with van der Waals surface area (Å²) >= 11 is 0. The van der Waals surface area contributed by atoms with Crippen LogP contribution in [0.5, 0.6) is 0 Å². The maximum atomic E-state index is 14.1. The van der Waals surface area contributed by atoms with Crippen LogP contribution in [0.2, 0.25) is 0 Å². The molecule has 0 aliphatic carbocycles.